The molecule has 4 saturated carbocycles. The smallest absolute Gasteiger partial charge is 0.164 e. The van der Waals surface area contributed by atoms with E-state index in [-0.39, 0.29) is 5.41 Å². The number of anilines is 1. The first-order chi connectivity index (χ1) is 8.23. The second-order valence-electron chi connectivity index (χ2n) is 6.40. The van der Waals surface area contributed by atoms with E-state index in [1.807, 2.05) is 0 Å². The summed E-state index contributed by atoms with van der Waals surface area (Å²) in [5.41, 5.74) is 5.83. The largest absolute Gasteiger partial charge is 0.381 e. The maximum Gasteiger partial charge on any atom is 0.164 e. The Kier molecular flexibility index (Phi) is 1.83. The Morgan fingerprint density at radius 2 is 1.59 bits per heavy atom. The lowest BCUT2D eigenvalue weighted by Gasteiger charge is -2.55. The van der Waals surface area contributed by atoms with Gasteiger partial charge in [0.1, 0.15) is 0 Å². The first-order valence-electron chi connectivity index (χ1n) is 6.69. The third-order valence-corrected chi connectivity index (χ3v) is 5.09. The van der Waals surface area contributed by atoms with E-state index in [0.717, 1.165) is 23.6 Å². The van der Waals surface area contributed by atoms with Crippen LogP contribution < -0.4 is 5.73 Å². The van der Waals surface area contributed by atoms with Gasteiger partial charge in [-0.2, -0.15) is 0 Å². The molecule has 1 aromatic heterocycles. The van der Waals surface area contributed by atoms with E-state index >= 15 is 0 Å². The Morgan fingerprint density at radius 3 is 2.06 bits per heavy atom. The summed E-state index contributed by atoms with van der Waals surface area (Å²) < 4.78 is 0. The van der Waals surface area contributed by atoms with E-state index in [1.54, 1.807) is 6.20 Å². The molecule has 17 heavy (non-hydrogen) atoms. The van der Waals surface area contributed by atoms with Gasteiger partial charge in [-0.25, -0.2) is 4.98 Å². The van der Waals surface area contributed by atoms with Crippen LogP contribution in [0.1, 0.15) is 44.3 Å². The zero-order valence-electron chi connectivity index (χ0n) is 9.97. The van der Waals surface area contributed by atoms with E-state index < -0.39 is 0 Å². The molecule has 5 rings (SSSR count). The number of hydrogen-bond acceptors (Lipinski definition) is 4. The fraction of sp³-hybridized carbons (Fsp3) is 0.769. The fourth-order valence-electron chi connectivity index (χ4n) is 4.91. The fourth-order valence-corrected chi connectivity index (χ4v) is 4.91. The molecule has 4 nitrogen and oxygen atoms in total. The highest BCUT2D eigenvalue weighted by Crippen LogP contribution is 2.59. The maximum atomic E-state index is 5.58. The number of nitrogens with two attached hydrogens (primary N) is 1. The second kappa shape index (κ2) is 3.18. The average molecular weight is 230 g/mol. The van der Waals surface area contributed by atoms with Gasteiger partial charge in [-0.3, -0.25) is 0 Å². The summed E-state index contributed by atoms with van der Waals surface area (Å²) in [6.07, 6.45) is 9.85. The van der Waals surface area contributed by atoms with Crippen LogP contribution in [-0.2, 0) is 5.41 Å². The first-order valence-corrected chi connectivity index (χ1v) is 6.69. The SMILES string of the molecule is Nc1cnc(C23CC4CC(CC(C4)C2)C3)nn1. The Hall–Kier alpha value is -1.19. The highest BCUT2D eigenvalue weighted by atomic mass is 15.2. The molecule has 90 valence electrons. The zero-order chi connectivity index (χ0) is 11.5. The predicted molar refractivity (Wildman–Crippen MR) is 64.1 cm³/mol. The van der Waals surface area contributed by atoms with Crippen molar-refractivity contribution in [3.63, 3.8) is 0 Å². The summed E-state index contributed by atoms with van der Waals surface area (Å²) in [7, 11) is 0. The van der Waals surface area contributed by atoms with Gasteiger partial charge >= 0.3 is 0 Å². The van der Waals surface area contributed by atoms with E-state index in [9.17, 15) is 0 Å². The van der Waals surface area contributed by atoms with Gasteiger partial charge in [0.15, 0.2) is 11.6 Å². The standard InChI is InChI=1S/C13H18N4/c14-11-7-15-12(17-16-11)13-4-8-1-9(5-13)3-10(2-8)6-13/h7-10H,1-6H2,(H2,14,16). The van der Waals surface area contributed by atoms with Crippen molar-refractivity contribution in [2.45, 2.75) is 43.9 Å². The minimum Gasteiger partial charge on any atom is -0.381 e. The molecule has 0 aliphatic heterocycles. The summed E-state index contributed by atoms with van der Waals surface area (Å²) >= 11 is 0. The minimum absolute atomic E-state index is 0.245. The number of rotatable bonds is 1. The average Bonchev–Trinajstić information content (AvgIpc) is 2.27. The van der Waals surface area contributed by atoms with E-state index in [0.29, 0.717) is 5.82 Å². The molecule has 4 heteroatoms. The number of nitrogen functional groups attached to an aromatic ring is 1. The summed E-state index contributed by atoms with van der Waals surface area (Å²) in [5.74, 6) is 4.15. The maximum absolute atomic E-state index is 5.58. The van der Waals surface area contributed by atoms with Gasteiger partial charge in [0.05, 0.1) is 6.20 Å². The summed E-state index contributed by atoms with van der Waals surface area (Å²) in [6, 6.07) is 0. The van der Waals surface area contributed by atoms with Crippen molar-refractivity contribution in [1.82, 2.24) is 15.2 Å². The van der Waals surface area contributed by atoms with Crippen molar-refractivity contribution < 1.29 is 0 Å². The van der Waals surface area contributed by atoms with Crippen LogP contribution in [0.15, 0.2) is 6.20 Å². The highest BCUT2D eigenvalue weighted by Gasteiger charge is 2.53. The molecule has 0 saturated heterocycles. The van der Waals surface area contributed by atoms with Crippen LogP contribution in [0.4, 0.5) is 5.82 Å². The molecule has 0 spiro atoms. The molecule has 2 N–H and O–H groups in total. The highest BCUT2D eigenvalue weighted by molar-refractivity contribution is 5.23. The minimum atomic E-state index is 0.245. The molecule has 0 amide bonds. The molecule has 4 bridgehead atoms. The second-order valence-corrected chi connectivity index (χ2v) is 6.40. The summed E-state index contributed by atoms with van der Waals surface area (Å²) in [4.78, 5) is 4.47. The lowest BCUT2D eigenvalue weighted by Crippen LogP contribution is -2.49. The molecule has 4 aliphatic carbocycles. The lowest BCUT2D eigenvalue weighted by molar-refractivity contribution is -0.00983. The van der Waals surface area contributed by atoms with Gasteiger partial charge in [0.25, 0.3) is 0 Å². The van der Waals surface area contributed by atoms with Crippen LogP contribution in [-0.4, -0.2) is 15.2 Å². The molecule has 1 aromatic rings. The molecule has 4 fully saturated rings. The molecule has 0 atom stereocenters. The van der Waals surface area contributed by atoms with Crippen LogP contribution in [0.2, 0.25) is 0 Å². The zero-order valence-corrected chi connectivity index (χ0v) is 9.97. The number of hydrogen-bond donors (Lipinski definition) is 1. The van der Waals surface area contributed by atoms with Gasteiger partial charge in [-0.05, 0) is 56.3 Å². The molecule has 0 unspecified atom stereocenters. The molecular weight excluding hydrogens is 212 g/mol. The normalized spacial score (nSPS) is 42.9. The van der Waals surface area contributed by atoms with Crippen LogP contribution in [0, 0.1) is 17.8 Å². The van der Waals surface area contributed by atoms with Gasteiger partial charge in [0.2, 0.25) is 0 Å². The van der Waals surface area contributed by atoms with Crippen molar-refractivity contribution >= 4 is 5.82 Å². The van der Waals surface area contributed by atoms with E-state index in [4.69, 9.17) is 5.73 Å². The Bertz CT molecular complexity index is 404. The Morgan fingerprint density at radius 1 is 1.00 bits per heavy atom. The molecule has 4 aliphatic rings. The van der Waals surface area contributed by atoms with E-state index in [2.05, 4.69) is 15.2 Å². The lowest BCUT2D eigenvalue weighted by atomic mass is 9.49. The summed E-state index contributed by atoms with van der Waals surface area (Å²) in [6.45, 7) is 0. The monoisotopic (exact) mass is 230 g/mol. The molecule has 1 heterocycles. The third kappa shape index (κ3) is 1.39. The molecule has 0 radical (unpaired) electrons. The Balaban J connectivity index is 1.74. The van der Waals surface area contributed by atoms with Crippen LogP contribution in [0.25, 0.3) is 0 Å². The third-order valence-electron chi connectivity index (χ3n) is 5.09. The quantitative estimate of drug-likeness (QED) is 0.800. The van der Waals surface area contributed by atoms with Crippen molar-refractivity contribution in [3.8, 4) is 0 Å². The predicted octanol–water partition coefficient (Wildman–Crippen LogP) is 1.92. The topological polar surface area (TPSA) is 64.7 Å². The van der Waals surface area contributed by atoms with Crippen molar-refractivity contribution in [2.75, 3.05) is 5.73 Å². The summed E-state index contributed by atoms with van der Waals surface area (Å²) in [5, 5.41) is 8.28. The van der Waals surface area contributed by atoms with E-state index in [1.165, 1.54) is 38.5 Å². The van der Waals surface area contributed by atoms with Crippen LogP contribution in [0.5, 0.6) is 0 Å². The van der Waals surface area contributed by atoms with Gasteiger partial charge in [-0.15, -0.1) is 10.2 Å². The van der Waals surface area contributed by atoms with Gasteiger partial charge < -0.3 is 5.73 Å². The Labute approximate surface area is 101 Å². The number of aromatic nitrogens is 3. The van der Waals surface area contributed by atoms with Gasteiger partial charge in [0, 0.05) is 5.41 Å². The van der Waals surface area contributed by atoms with Crippen molar-refractivity contribution in [3.05, 3.63) is 12.0 Å². The first kappa shape index (κ1) is 9.80. The van der Waals surface area contributed by atoms with Crippen LogP contribution >= 0.6 is 0 Å². The van der Waals surface area contributed by atoms with Gasteiger partial charge in [-0.1, -0.05) is 0 Å². The molecular formula is C13H18N4. The molecule has 0 aromatic carbocycles. The number of nitrogens with zero attached hydrogens (tertiary/aromatic N) is 3. The van der Waals surface area contributed by atoms with Crippen molar-refractivity contribution in [1.29, 1.82) is 0 Å². The van der Waals surface area contributed by atoms with Crippen LogP contribution in [0.3, 0.4) is 0 Å². The van der Waals surface area contributed by atoms with Crippen molar-refractivity contribution in [2.24, 2.45) is 17.8 Å².